The zero-order valence-corrected chi connectivity index (χ0v) is 17.7. The van der Waals surface area contributed by atoms with Gasteiger partial charge in [0.2, 0.25) is 6.33 Å². The van der Waals surface area contributed by atoms with Crippen LogP contribution in [0.15, 0.2) is 67.3 Å². The van der Waals surface area contributed by atoms with Gasteiger partial charge in [0.05, 0.1) is 0 Å². The Bertz CT molecular complexity index is 659. The van der Waals surface area contributed by atoms with E-state index in [9.17, 15) is 0 Å². The average molecular weight is 581 g/mol. The highest BCUT2D eigenvalue weighted by atomic mass is 127. The third-order valence-corrected chi connectivity index (χ3v) is 4.74. The van der Waals surface area contributed by atoms with E-state index in [0.29, 0.717) is 0 Å². The summed E-state index contributed by atoms with van der Waals surface area (Å²) in [6.07, 6.45) is 6.42. The molecule has 3 aromatic rings. The molecule has 0 unspecified atom stereocenters. The molecule has 0 fully saturated rings. The number of imidazole rings is 1. The van der Waals surface area contributed by atoms with Crippen LogP contribution in [0.2, 0.25) is 0 Å². The average Bonchev–Trinajstić information content (AvgIpc) is 2.91. The highest BCUT2D eigenvalue weighted by Gasteiger charge is 2.05. The lowest BCUT2D eigenvalue weighted by Crippen LogP contribution is -3.00. The Morgan fingerprint density at radius 1 is 0.818 bits per heavy atom. The van der Waals surface area contributed by atoms with Gasteiger partial charge < -0.3 is 17.0 Å². The van der Waals surface area contributed by atoms with Crippen LogP contribution in [0.3, 0.4) is 0 Å². The summed E-state index contributed by atoms with van der Waals surface area (Å²) in [5.74, 6) is 0. The first-order chi connectivity index (χ1) is 10.2. The Morgan fingerprint density at radius 2 is 1.36 bits per heavy atom. The fraction of sp³-hybridized carbons (Fsp3) is 0.118. The first-order valence-electron chi connectivity index (χ1n) is 6.73. The fourth-order valence-electron chi connectivity index (χ4n) is 2.23. The van der Waals surface area contributed by atoms with Crippen LogP contribution in [-0.4, -0.2) is 4.57 Å². The number of benzene rings is 2. The highest BCUT2D eigenvalue weighted by molar-refractivity contribution is 14.1. The molecule has 1 aromatic heterocycles. The molecule has 2 nitrogen and oxygen atoms in total. The predicted octanol–water partition coefficient (Wildman–Crippen LogP) is 1.09. The van der Waals surface area contributed by atoms with Crippen LogP contribution in [-0.2, 0) is 13.1 Å². The van der Waals surface area contributed by atoms with E-state index in [-0.39, 0.29) is 17.0 Å². The summed E-state index contributed by atoms with van der Waals surface area (Å²) in [7, 11) is 0. The third-order valence-electron chi connectivity index (χ3n) is 3.30. The third kappa shape index (κ3) is 5.06. The molecule has 0 aliphatic rings. The number of rotatable bonds is 4. The quantitative estimate of drug-likeness (QED) is 0.323. The van der Waals surface area contributed by atoms with Crippen LogP contribution in [0, 0.1) is 7.14 Å². The number of aromatic nitrogens is 2. The number of halogens is 3. The molecular formula is C17H15BrI2N2. The first kappa shape index (κ1) is 17.9. The van der Waals surface area contributed by atoms with E-state index in [2.05, 4.69) is 122 Å². The minimum atomic E-state index is 0. The van der Waals surface area contributed by atoms with E-state index >= 15 is 0 Å². The molecule has 1 heterocycles. The summed E-state index contributed by atoms with van der Waals surface area (Å²) >= 11 is 4.67. The molecule has 0 saturated heterocycles. The maximum atomic E-state index is 2.33. The van der Waals surface area contributed by atoms with E-state index in [0.717, 1.165) is 13.1 Å². The van der Waals surface area contributed by atoms with Crippen LogP contribution in [0.25, 0.3) is 0 Å². The fourth-order valence-corrected chi connectivity index (χ4v) is 2.95. The van der Waals surface area contributed by atoms with E-state index in [4.69, 9.17) is 0 Å². The van der Waals surface area contributed by atoms with E-state index in [1.54, 1.807) is 0 Å². The molecule has 114 valence electrons. The molecule has 0 radical (unpaired) electrons. The molecule has 0 amide bonds. The Kier molecular flexibility index (Phi) is 6.88. The van der Waals surface area contributed by atoms with Crippen molar-refractivity contribution in [3.8, 4) is 0 Å². The second-order valence-corrected chi connectivity index (χ2v) is 7.50. The molecule has 0 atom stereocenters. The number of hydrogen-bond acceptors (Lipinski definition) is 0. The smallest absolute Gasteiger partial charge is 0.244 e. The van der Waals surface area contributed by atoms with Gasteiger partial charge in [0.1, 0.15) is 25.5 Å². The topological polar surface area (TPSA) is 8.81 Å². The maximum Gasteiger partial charge on any atom is 0.244 e. The van der Waals surface area contributed by atoms with E-state index < -0.39 is 0 Å². The number of nitrogens with zero attached hydrogens (tertiary/aromatic N) is 2. The lowest BCUT2D eigenvalue weighted by atomic mass is 10.2. The zero-order chi connectivity index (χ0) is 14.7. The van der Waals surface area contributed by atoms with Gasteiger partial charge in [0, 0.05) is 7.14 Å². The van der Waals surface area contributed by atoms with Gasteiger partial charge in [0.15, 0.2) is 0 Å². The van der Waals surface area contributed by atoms with Crippen molar-refractivity contribution in [1.29, 1.82) is 0 Å². The zero-order valence-electron chi connectivity index (χ0n) is 11.8. The van der Waals surface area contributed by atoms with Gasteiger partial charge in [-0.15, -0.1) is 0 Å². The minimum absolute atomic E-state index is 0. The maximum absolute atomic E-state index is 2.33. The van der Waals surface area contributed by atoms with Crippen LogP contribution >= 0.6 is 45.2 Å². The summed E-state index contributed by atoms with van der Waals surface area (Å²) in [6, 6.07) is 17.4. The van der Waals surface area contributed by atoms with Gasteiger partial charge in [-0.2, -0.15) is 0 Å². The first-order valence-corrected chi connectivity index (χ1v) is 8.88. The van der Waals surface area contributed by atoms with Crippen molar-refractivity contribution in [2.45, 2.75) is 13.1 Å². The van der Waals surface area contributed by atoms with Crippen molar-refractivity contribution in [1.82, 2.24) is 4.57 Å². The Balaban J connectivity index is 0.00000176. The minimum Gasteiger partial charge on any atom is -1.00 e. The lowest BCUT2D eigenvalue weighted by Gasteiger charge is -1.99. The molecule has 0 saturated carbocycles. The largest absolute Gasteiger partial charge is 1.00 e. The van der Waals surface area contributed by atoms with Crippen molar-refractivity contribution < 1.29 is 21.5 Å². The predicted molar refractivity (Wildman–Crippen MR) is 101 cm³/mol. The van der Waals surface area contributed by atoms with E-state index in [1.807, 2.05) is 0 Å². The summed E-state index contributed by atoms with van der Waals surface area (Å²) in [5.41, 5.74) is 2.65. The standard InChI is InChI=1S/C17H15I2N2.BrH/c18-16-5-1-14(2-6-16)11-20-9-10-21(13-20)12-15-3-7-17(19)8-4-15;/h1-10,13H,11-12H2;1H/q+1;/p-1. The molecule has 0 bridgehead atoms. The lowest BCUT2D eigenvalue weighted by molar-refractivity contribution is -0.687. The summed E-state index contributed by atoms with van der Waals surface area (Å²) < 4.78 is 6.99. The van der Waals surface area contributed by atoms with Crippen molar-refractivity contribution in [2.75, 3.05) is 0 Å². The van der Waals surface area contributed by atoms with Crippen molar-refractivity contribution >= 4 is 45.2 Å². The highest BCUT2D eigenvalue weighted by Crippen LogP contribution is 2.09. The SMILES string of the molecule is Ic1ccc(Cn2cc[n+](Cc3ccc(I)cc3)c2)cc1.[Br-]. The summed E-state index contributed by atoms with van der Waals surface area (Å²) in [6.45, 7) is 1.83. The summed E-state index contributed by atoms with van der Waals surface area (Å²) in [5, 5.41) is 0. The van der Waals surface area contributed by atoms with Crippen LogP contribution < -0.4 is 21.5 Å². The Morgan fingerprint density at radius 3 is 1.95 bits per heavy atom. The molecule has 22 heavy (non-hydrogen) atoms. The van der Waals surface area contributed by atoms with Crippen molar-refractivity contribution in [3.05, 3.63) is 85.5 Å². The van der Waals surface area contributed by atoms with Gasteiger partial charge in [-0.1, -0.05) is 24.3 Å². The second kappa shape index (κ2) is 8.44. The van der Waals surface area contributed by atoms with Gasteiger partial charge in [0.25, 0.3) is 0 Å². The van der Waals surface area contributed by atoms with Gasteiger partial charge in [-0.25, -0.2) is 9.13 Å². The molecule has 5 heteroatoms. The molecule has 0 aliphatic heterocycles. The normalized spacial score (nSPS) is 10.3. The molecule has 0 N–H and O–H groups in total. The van der Waals surface area contributed by atoms with Crippen LogP contribution in [0.4, 0.5) is 0 Å². The number of hydrogen-bond donors (Lipinski definition) is 0. The molecule has 3 rings (SSSR count). The summed E-state index contributed by atoms with van der Waals surface area (Å²) in [4.78, 5) is 0. The van der Waals surface area contributed by atoms with Crippen molar-refractivity contribution in [3.63, 3.8) is 0 Å². The Labute approximate surface area is 168 Å². The van der Waals surface area contributed by atoms with Crippen molar-refractivity contribution in [2.24, 2.45) is 0 Å². The Hall–Kier alpha value is -0.410. The molecule has 0 aliphatic carbocycles. The molecule has 2 aromatic carbocycles. The van der Waals surface area contributed by atoms with Crippen LogP contribution in [0.1, 0.15) is 11.1 Å². The van der Waals surface area contributed by atoms with Crippen LogP contribution in [0.5, 0.6) is 0 Å². The molecular weight excluding hydrogens is 566 g/mol. The van der Waals surface area contributed by atoms with Gasteiger partial charge >= 0.3 is 0 Å². The van der Waals surface area contributed by atoms with Gasteiger partial charge in [-0.05, 0) is 80.6 Å². The second-order valence-electron chi connectivity index (χ2n) is 5.01. The van der Waals surface area contributed by atoms with E-state index in [1.165, 1.54) is 18.3 Å². The molecule has 0 spiro atoms. The monoisotopic (exact) mass is 580 g/mol. The van der Waals surface area contributed by atoms with Gasteiger partial charge in [-0.3, -0.25) is 0 Å².